The number of piperazine rings is 2. The van der Waals surface area contributed by atoms with E-state index in [0.717, 1.165) is 157 Å². The lowest BCUT2D eigenvalue weighted by Gasteiger charge is -2.41. The highest BCUT2D eigenvalue weighted by molar-refractivity contribution is 7.88. The SMILES string of the molecule is Cc1cc(C)c2oc(Nc3ccc(-c4cn(C5CCC(N6CCN(S(C)(=O)=O)CC6)CC5)c5ncnc(N)c45)cc3F)nc2c1.Cc1cc(C)c2oc(Nc3ccc(-c4cn(C5CCC(N6CCNCC6)CC5)c5ncnc(N)c45)cc3F)nc2c1. The van der Waals surface area contributed by atoms with E-state index in [2.05, 4.69) is 71.0 Å². The van der Waals surface area contributed by atoms with Gasteiger partial charge in [-0.2, -0.15) is 14.3 Å². The zero-order valence-electron chi connectivity index (χ0n) is 49.1. The summed E-state index contributed by atoms with van der Waals surface area (Å²) in [4.78, 5) is 31.8. The van der Waals surface area contributed by atoms with Crippen molar-refractivity contribution in [3.63, 3.8) is 0 Å². The smallest absolute Gasteiger partial charge is 0.300 e. The minimum absolute atomic E-state index is 0.209. The molecule has 2 saturated carbocycles. The second-order valence-electron chi connectivity index (χ2n) is 23.8. The zero-order valence-corrected chi connectivity index (χ0v) is 49.9. The third kappa shape index (κ3) is 11.3. The summed E-state index contributed by atoms with van der Waals surface area (Å²) >= 11 is 0. The number of nitrogens with zero attached hydrogens (tertiary/aromatic N) is 11. The largest absolute Gasteiger partial charge is 0.423 e. The average Bonchev–Trinajstić information content (AvgIpc) is 2.50. The number of anilines is 6. The number of sulfonamides is 1. The van der Waals surface area contributed by atoms with E-state index in [1.165, 1.54) is 31.0 Å². The predicted octanol–water partition coefficient (Wildman–Crippen LogP) is 11.1. The van der Waals surface area contributed by atoms with Gasteiger partial charge in [0, 0.05) is 100 Å². The molecule has 8 heterocycles. The van der Waals surface area contributed by atoms with Crippen molar-refractivity contribution in [2.24, 2.45) is 0 Å². The van der Waals surface area contributed by atoms with E-state index in [1.54, 1.807) is 16.4 Å². The monoisotopic (exact) mass is 1190 g/mol. The first-order valence-corrected chi connectivity index (χ1v) is 31.6. The predicted molar refractivity (Wildman–Crippen MR) is 333 cm³/mol. The minimum atomic E-state index is -3.15. The molecular weight excluding hydrogens is 1110 g/mol. The molecular formula is C63H72F2N16O4S. The maximum Gasteiger partial charge on any atom is 0.300 e. The van der Waals surface area contributed by atoms with Crippen LogP contribution in [0.5, 0.6) is 0 Å². The summed E-state index contributed by atoms with van der Waals surface area (Å²) in [7, 11) is -3.15. The Morgan fingerprint density at radius 3 is 1.40 bits per heavy atom. The van der Waals surface area contributed by atoms with Crippen LogP contribution in [-0.2, 0) is 10.0 Å². The number of rotatable bonds is 11. The molecule has 4 fully saturated rings. The molecule has 2 aliphatic carbocycles. The van der Waals surface area contributed by atoms with Crippen LogP contribution >= 0.6 is 0 Å². The van der Waals surface area contributed by atoms with Crippen LogP contribution in [0.2, 0.25) is 0 Å². The third-order valence-electron chi connectivity index (χ3n) is 18.0. The van der Waals surface area contributed by atoms with Crippen molar-refractivity contribution in [2.75, 3.05) is 80.7 Å². The number of aryl methyl sites for hydroxylation is 4. The summed E-state index contributed by atoms with van der Waals surface area (Å²) in [6, 6.07) is 20.1. The van der Waals surface area contributed by atoms with Crippen LogP contribution < -0.4 is 27.4 Å². The van der Waals surface area contributed by atoms with Crippen molar-refractivity contribution in [2.45, 2.75) is 103 Å². The van der Waals surface area contributed by atoms with Crippen molar-refractivity contribution in [3.8, 4) is 22.3 Å². The van der Waals surface area contributed by atoms with E-state index in [-0.39, 0.29) is 29.4 Å². The lowest BCUT2D eigenvalue weighted by Crippen LogP contribution is -2.52. The molecule has 0 amide bonds. The molecule has 0 unspecified atom stereocenters. The van der Waals surface area contributed by atoms with E-state index >= 15 is 8.78 Å². The van der Waals surface area contributed by atoms with Gasteiger partial charge in [0.05, 0.1) is 28.4 Å². The first kappa shape index (κ1) is 57.0. The van der Waals surface area contributed by atoms with Gasteiger partial charge in [-0.25, -0.2) is 37.1 Å². The van der Waals surface area contributed by atoms with Crippen LogP contribution in [0.4, 0.5) is 43.8 Å². The number of aromatic nitrogens is 8. The lowest BCUT2D eigenvalue weighted by molar-refractivity contribution is 0.100. The Balaban J connectivity index is 0.000000160. The summed E-state index contributed by atoms with van der Waals surface area (Å²) in [6.45, 7) is 14.9. The quantitative estimate of drug-likeness (QED) is 0.0808. The maximum atomic E-state index is 15.5. The molecule has 86 heavy (non-hydrogen) atoms. The molecule has 0 spiro atoms. The molecule has 448 valence electrons. The number of hydrogen-bond acceptors (Lipinski definition) is 17. The number of benzene rings is 4. The standard InChI is InChI=1S/C32H37FN8O3S.C31H35FN8O/c1-19-14-20(2)29-27(15-19)38-32(44-29)37-26-9-4-21(16-25(26)33)24-17-41(31-28(24)30(34)35-18-36-31)23-7-5-22(6-8-23)39-10-12-40(13-11-39)45(3,42)43;1-18-13-19(2)28-26(14-18)38-31(41-28)37-25-8-3-20(15-24(25)32)23-16-40(30-27(23)29(33)35-17-36-30)22-6-4-21(5-7-22)39-11-9-34-10-12-39/h4,9,14-18,22-23H,5-8,10-13H2,1-3H3,(H,37,38)(H2,34,35,36);3,8,13-17,21-22,34H,4-7,9-12H2,1-2H3,(H,37,38)(H2,33,35,36). The fourth-order valence-corrected chi connectivity index (χ4v) is 14.5. The number of nitrogens with one attached hydrogen (secondary N) is 3. The minimum Gasteiger partial charge on any atom is -0.423 e. The van der Waals surface area contributed by atoms with E-state index < -0.39 is 21.7 Å². The molecule has 23 heteroatoms. The Labute approximate surface area is 497 Å². The van der Waals surface area contributed by atoms with Crippen molar-refractivity contribution in [3.05, 3.63) is 120 Å². The highest BCUT2D eigenvalue weighted by Crippen LogP contribution is 2.43. The Morgan fingerprint density at radius 1 is 0.558 bits per heavy atom. The number of fused-ring (bicyclic) bond motifs is 4. The highest BCUT2D eigenvalue weighted by Gasteiger charge is 2.33. The Kier molecular flexibility index (Phi) is 15.4. The Bertz CT molecular complexity index is 4280. The van der Waals surface area contributed by atoms with Gasteiger partial charge in [0.25, 0.3) is 12.0 Å². The van der Waals surface area contributed by atoms with E-state index in [9.17, 15) is 8.42 Å². The van der Waals surface area contributed by atoms with Crippen LogP contribution in [0.25, 0.3) is 66.5 Å². The van der Waals surface area contributed by atoms with Crippen molar-refractivity contribution in [1.82, 2.24) is 58.5 Å². The maximum absolute atomic E-state index is 15.5. The molecule has 0 bridgehead atoms. The zero-order chi connectivity index (χ0) is 59.5. The molecule has 0 radical (unpaired) electrons. The normalized spacial score (nSPS) is 20.2. The summed E-state index contributed by atoms with van der Waals surface area (Å²) in [6.07, 6.45) is 16.7. The number of hydrogen-bond donors (Lipinski definition) is 5. The van der Waals surface area contributed by atoms with Gasteiger partial charge >= 0.3 is 0 Å². The molecule has 14 rings (SSSR count). The summed E-state index contributed by atoms with van der Waals surface area (Å²) in [5.41, 5.74) is 24.8. The first-order chi connectivity index (χ1) is 41.5. The number of halogens is 2. The van der Waals surface area contributed by atoms with Gasteiger partial charge in [0.2, 0.25) is 10.0 Å². The second-order valence-corrected chi connectivity index (χ2v) is 25.7. The lowest BCUT2D eigenvalue weighted by atomic mass is 9.89. The van der Waals surface area contributed by atoms with Crippen LogP contribution in [0, 0.1) is 39.3 Å². The van der Waals surface area contributed by atoms with E-state index in [1.807, 2.05) is 70.3 Å². The number of nitrogen functional groups attached to an aromatic ring is 2. The fourth-order valence-electron chi connectivity index (χ4n) is 13.7. The first-order valence-electron chi connectivity index (χ1n) is 29.7. The molecule has 2 aliphatic heterocycles. The van der Waals surface area contributed by atoms with Gasteiger partial charge in [-0.15, -0.1) is 0 Å². The topological polar surface area (TPSA) is 245 Å². The number of nitrogens with two attached hydrogens (primary N) is 2. The molecule has 10 aromatic rings. The van der Waals surface area contributed by atoms with E-state index in [0.29, 0.717) is 65.0 Å². The fraction of sp³-hybridized carbons (Fsp3) is 0.397. The third-order valence-corrected chi connectivity index (χ3v) is 19.3. The second kappa shape index (κ2) is 23.3. The van der Waals surface area contributed by atoms with Crippen molar-refractivity contribution in [1.29, 1.82) is 0 Å². The molecule has 2 saturated heterocycles. The van der Waals surface area contributed by atoms with Crippen LogP contribution in [0.15, 0.2) is 94.5 Å². The van der Waals surface area contributed by atoms with Gasteiger partial charge < -0.3 is 45.4 Å². The average molecular weight is 1190 g/mol. The molecule has 4 aliphatic rings. The molecule has 6 aromatic heterocycles. The summed E-state index contributed by atoms with van der Waals surface area (Å²) in [5.74, 6) is -0.107. The van der Waals surface area contributed by atoms with Crippen molar-refractivity contribution < 1.29 is 26.0 Å². The molecule has 7 N–H and O–H groups in total. The van der Waals surface area contributed by atoms with Crippen LogP contribution in [-0.4, -0.2) is 132 Å². The molecule has 4 aromatic carbocycles. The van der Waals surface area contributed by atoms with Gasteiger partial charge in [-0.1, -0.05) is 24.3 Å². The molecule has 20 nitrogen and oxygen atoms in total. The van der Waals surface area contributed by atoms with Gasteiger partial charge in [0.15, 0.2) is 11.2 Å². The van der Waals surface area contributed by atoms with Crippen molar-refractivity contribution >= 4 is 89.3 Å². The van der Waals surface area contributed by atoms with Crippen LogP contribution in [0.1, 0.15) is 85.7 Å². The van der Waals surface area contributed by atoms with Gasteiger partial charge in [-0.3, -0.25) is 9.80 Å². The highest BCUT2D eigenvalue weighted by atomic mass is 32.2. The van der Waals surface area contributed by atoms with Crippen LogP contribution in [0.3, 0.4) is 0 Å². The number of oxazole rings is 2. The Morgan fingerprint density at radius 2 is 0.977 bits per heavy atom. The Hall–Kier alpha value is -8.09. The van der Waals surface area contributed by atoms with Gasteiger partial charge in [-0.05, 0) is 149 Å². The summed E-state index contributed by atoms with van der Waals surface area (Å²) < 4.78 is 72.6. The van der Waals surface area contributed by atoms with E-state index in [4.69, 9.17) is 20.3 Å². The summed E-state index contributed by atoms with van der Waals surface area (Å²) in [5, 5.41) is 10.9. The molecule has 0 atom stereocenters. The van der Waals surface area contributed by atoms with Gasteiger partial charge in [0.1, 0.15) is 58.3 Å².